The lowest BCUT2D eigenvalue weighted by Crippen LogP contribution is -2.23. The van der Waals surface area contributed by atoms with Gasteiger partial charge in [-0.2, -0.15) is 0 Å². The first-order chi connectivity index (χ1) is 15.5. The van der Waals surface area contributed by atoms with Crippen molar-refractivity contribution in [3.63, 3.8) is 0 Å². The summed E-state index contributed by atoms with van der Waals surface area (Å²) in [6.45, 7) is 1.85. The van der Waals surface area contributed by atoms with Gasteiger partial charge in [0.1, 0.15) is 22.5 Å². The highest BCUT2D eigenvalue weighted by Gasteiger charge is 2.24. The summed E-state index contributed by atoms with van der Waals surface area (Å²) in [5.41, 5.74) is 1.46. The SMILES string of the molecule is C[N+](=C1CCCN1)c1cc2oc(=O)c3cc([N+](C)=C4CCCN4)cc4oc(=O)c(c1)c2c43. The maximum Gasteiger partial charge on any atom is 0.344 e. The summed E-state index contributed by atoms with van der Waals surface area (Å²) >= 11 is 0. The van der Waals surface area contributed by atoms with Gasteiger partial charge in [-0.25, -0.2) is 18.7 Å². The minimum atomic E-state index is -0.441. The molecule has 162 valence electrons. The van der Waals surface area contributed by atoms with Crippen LogP contribution in [-0.2, 0) is 0 Å². The fourth-order valence-corrected chi connectivity index (χ4v) is 4.94. The zero-order chi connectivity index (χ0) is 22.0. The summed E-state index contributed by atoms with van der Waals surface area (Å²) in [5, 5.41) is 8.83. The summed E-state index contributed by atoms with van der Waals surface area (Å²) in [7, 11) is 3.88. The number of rotatable bonds is 2. The van der Waals surface area contributed by atoms with Crippen molar-refractivity contribution in [1.82, 2.24) is 10.6 Å². The first kappa shape index (κ1) is 19.0. The van der Waals surface area contributed by atoms with Crippen LogP contribution in [-0.4, -0.2) is 48.0 Å². The molecular formula is C24H24N4O4+2. The topological polar surface area (TPSA) is 90.5 Å². The Bertz CT molecular complexity index is 1460. The molecule has 8 heteroatoms. The second-order valence-corrected chi connectivity index (χ2v) is 8.58. The molecule has 2 N–H and O–H groups in total. The van der Waals surface area contributed by atoms with Gasteiger partial charge in [-0.3, -0.25) is 10.6 Å². The molecule has 0 atom stereocenters. The molecule has 0 amide bonds. The summed E-state index contributed by atoms with van der Waals surface area (Å²) in [6, 6.07) is 7.29. The third kappa shape index (κ3) is 2.75. The normalized spacial score (nSPS) is 19.7. The van der Waals surface area contributed by atoms with Crippen LogP contribution >= 0.6 is 0 Å². The van der Waals surface area contributed by atoms with Crippen LogP contribution in [0.25, 0.3) is 32.7 Å². The average molecular weight is 432 g/mol. The van der Waals surface area contributed by atoms with Gasteiger partial charge in [-0.05, 0) is 12.8 Å². The molecule has 0 radical (unpaired) electrons. The van der Waals surface area contributed by atoms with Gasteiger partial charge in [0, 0.05) is 35.0 Å². The highest BCUT2D eigenvalue weighted by Crippen LogP contribution is 2.35. The van der Waals surface area contributed by atoms with E-state index in [9.17, 15) is 9.59 Å². The quantitative estimate of drug-likeness (QED) is 0.288. The van der Waals surface area contributed by atoms with Crippen molar-refractivity contribution in [3.8, 4) is 0 Å². The predicted octanol–water partition coefficient (Wildman–Crippen LogP) is 2.60. The molecule has 0 bridgehead atoms. The molecule has 2 saturated heterocycles. The smallest absolute Gasteiger partial charge is 0.344 e. The van der Waals surface area contributed by atoms with Gasteiger partial charge in [-0.1, -0.05) is 0 Å². The van der Waals surface area contributed by atoms with E-state index < -0.39 is 11.3 Å². The summed E-state index contributed by atoms with van der Waals surface area (Å²) in [4.78, 5) is 26.0. The monoisotopic (exact) mass is 432 g/mol. The van der Waals surface area contributed by atoms with E-state index >= 15 is 0 Å². The third-order valence-corrected chi connectivity index (χ3v) is 6.69. The molecule has 32 heavy (non-hydrogen) atoms. The van der Waals surface area contributed by atoms with Gasteiger partial charge in [0.05, 0.1) is 50.8 Å². The Labute approximate surface area is 182 Å². The first-order valence-corrected chi connectivity index (χ1v) is 11.0. The Morgan fingerprint density at radius 2 is 1.16 bits per heavy atom. The van der Waals surface area contributed by atoms with E-state index in [0.717, 1.165) is 61.8 Å². The summed E-state index contributed by atoms with van der Waals surface area (Å²) in [6.07, 6.45) is 4.00. The van der Waals surface area contributed by atoms with Crippen molar-refractivity contribution >= 4 is 55.8 Å². The van der Waals surface area contributed by atoms with Crippen LogP contribution < -0.4 is 21.9 Å². The van der Waals surface area contributed by atoms with E-state index in [-0.39, 0.29) is 0 Å². The largest absolute Gasteiger partial charge is 0.422 e. The molecule has 0 unspecified atom stereocenters. The summed E-state index contributed by atoms with van der Waals surface area (Å²) in [5.74, 6) is 2.16. The van der Waals surface area contributed by atoms with E-state index in [1.165, 1.54) is 0 Å². The molecule has 8 nitrogen and oxygen atoms in total. The van der Waals surface area contributed by atoms with Crippen molar-refractivity contribution < 1.29 is 18.0 Å². The standard InChI is InChI=1S/C24H22N4O4/c1-27(19-5-3-7-25-19)13-9-15-21-17(11-13)31-24(30)16-10-14(28(2)20-6-4-8-26-20)12-18(22(16)21)32-23(15)29/h9-12H,3-8H2,1-2H3/p+2. The fraction of sp³-hybridized carbons (Fsp3) is 0.333. The van der Waals surface area contributed by atoms with Crippen molar-refractivity contribution in [3.05, 3.63) is 45.1 Å². The van der Waals surface area contributed by atoms with Gasteiger partial charge in [0.15, 0.2) is 0 Å². The van der Waals surface area contributed by atoms with Crippen LogP contribution in [0.4, 0.5) is 11.4 Å². The van der Waals surface area contributed by atoms with Crippen LogP contribution in [0.2, 0.25) is 0 Å². The van der Waals surface area contributed by atoms with Crippen LogP contribution in [0.5, 0.6) is 0 Å². The number of benzene rings is 2. The minimum absolute atomic E-state index is 0.395. The van der Waals surface area contributed by atoms with Crippen LogP contribution in [0.15, 0.2) is 42.7 Å². The van der Waals surface area contributed by atoms with Crippen LogP contribution in [0.3, 0.4) is 0 Å². The zero-order valence-corrected chi connectivity index (χ0v) is 18.1. The van der Waals surface area contributed by atoms with Crippen molar-refractivity contribution in [2.75, 3.05) is 27.2 Å². The second kappa shape index (κ2) is 6.91. The van der Waals surface area contributed by atoms with Crippen molar-refractivity contribution in [2.45, 2.75) is 25.7 Å². The van der Waals surface area contributed by atoms with Crippen molar-refractivity contribution in [1.29, 1.82) is 0 Å². The average Bonchev–Trinajstić information content (AvgIpc) is 3.51. The maximum absolute atomic E-state index is 13.0. The Morgan fingerprint density at radius 1 is 0.719 bits per heavy atom. The fourth-order valence-electron chi connectivity index (χ4n) is 4.94. The molecule has 2 aliphatic heterocycles. The molecule has 2 aromatic heterocycles. The number of hydrogen-bond donors (Lipinski definition) is 2. The van der Waals surface area contributed by atoms with E-state index in [1.54, 1.807) is 0 Å². The van der Waals surface area contributed by atoms with Gasteiger partial charge < -0.3 is 8.83 Å². The highest BCUT2D eigenvalue weighted by atomic mass is 16.4. The molecule has 2 aliphatic rings. The lowest BCUT2D eigenvalue weighted by atomic mass is 10.0. The molecule has 0 aliphatic carbocycles. The van der Waals surface area contributed by atoms with E-state index in [4.69, 9.17) is 8.83 Å². The molecule has 6 rings (SSSR count). The lowest BCUT2D eigenvalue weighted by Gasteiger charge is -2.11. The Morgan fingerprint density at radius 3 is 1.53 bits per heavy atom. The predicted molar refractivity (Wildman–Crippen MR) is 123 cm³/mol. The number of nitrogens with one attached hydrogen (secondary N) is 2. The van der Waals surface area contributed by atoms with E-state index in [2.05, 4.69) is 10.6 Å². The second-order valence-electron chi connectivity index (χ2n) is 8.58. The molecule has 2 aromatic carbocycles. The van der Waals surface area contributed by atoms with E-state index in [0.29, 0.717) is 32.7 Å². The minimum Gasteiger partial charge on any atom is -0.422 e. The van der Waals surface area contributed by atoms with Crippen molar-refractivity contribution in [2.24, 2.45) is 0 Å². The Hall–Kier alpha value is -3.68. The zero-order valence-electron chi connectivity index (χ0n) is 18.1. The molecule has 4 aromatic rings. The van der Waals surface area contributed by atoms with Gasteiger partial charge in [0.25, 0.3) is 0 Å². The van der Waals surface area contributed by atoms with Crippen LogP contribution in [0, 0.1) is 0 Å². The van der Waals surface area contributed by atoms with Gasteiger partial charge in [0.2, 0.25) is 11.7 Å². The highest BCUT2D eigenvalue weighted by molar-refractivity contribution is 6.20. The first-order valence-electron chi connectivity index (χ1n) is 11.0. The van der Waals surface area contributed by atoms with Crippen LogP contribution in [0.1, 0.15) is 25.7 Å². The maximum atomic E-state index is 13.0. The molecule has 4 heterocycles. The van der Waals surface area contributed by atoms with Gasteiger partial charge >= 0.3 is 11.3 Å². The number of hydrogen-bond acceptors (Lipinski definition) is 4. The number of nitrogens with zero attached hydrogens (tertiary/aromatic N) is 2. The molecule has 0 spiro atoms. The Balaban J connectivity index is 1.67. The lowest BCUT2D eigenvalue weighted by molar-refractivity contribution is -0.408. The number of amidine groups is 2. The molecular weight excluding hydrogens is 408 g/mol. The molecule has 0 saturated carbocycles. The molecule has 2 fully saturated rings. The van der Waals surface area contributed by atoms with E-state index in [1.807, 2.05) is 47.5 Å². The Kier molecular flexibility index (Phi) is 4.11. The summed E-state index contributed by atoms with van der Waals surface area (Å²) < 4.78 is 15.5. The van der Waals surface area contributed by atoms with Gasteiger partial charge in [-0.15, -0.1) is 0 Å². The third-order valence-electron chi connectivity index (χ3n) is 6.69.